The number of hydrogen-bond donors (Lipinski definition) is 1. The monoisotopic (exact) mass is 315 g/mol. The molecule has 7 heteroatoms. The Balaban J connectivity index is 2.47. The van der Waals surface area contributed by atoms with Crippen LogP contribution in [0.2, 0.25) is 0 Å². The lowest BCUT2D eigenvalue weighted by atomic mass is 10.4. The molecular weight excluding hydrogens is 302 g/mol. The zero-order chi connectivity index (χ0) is 13.5. The molecule has 0 radical (unpaired) electrons. The maximum absolute atomic E-state index is 11.6. The summed E-state index contributed by atoms with van der Waals surface area (Å²) >= 11 is 3.24. The predicted octanol–water partition coefficient (Wildman–Crippen LogP) is 1.23. The van der Waals surface area contributed by atoms with Gasteiger partial charge in [0.2, 0.25) is 5.91 Å². The Morgan fingerprint density at radius 2 is 2.33 bits per heavy atom. The average Bonchev–Trinajstić information content (AvgIpc) is 2.63. The number of ether oxygens (including phenoxy) is 1. The van der Waals surface area contributed by atoms with Gasteiger partial charge in [-0.25, -0.2) is 4.79 Å². The Bertz CT molecular complexity index is 468. The van der Waals surface area contributed by atoms with Crippen molar-refractivity contribution < 1.29 is 14.3 Å². The van der Waals surface area contributed by atoms with Crippen molar-refractivity contribution in [3.63, 3.8) is 0 Å². The summed E-state index contributed by atoms with van der Waals surface area (Å²) in [5.74, 6) is -0.735. The molecule has 1 N–H and O–H groups in total. The van der Waals surface area contributed by atoms with E-state index in [9.17, 15) is 9.59 Å². The van der Waals surface area contributed by atoms with E-state index in [1.165, 1.54) is 10.8 Å². The molecule has 1 aromatic heterocycles. The van der Waals surface area contributed by atoms with E-state index in [1.54, 1.807) is 26.2 Å². The summed E-state index contributed by atoms with van der Waals surface area (Å²) < 4.78 is 7.01. The second kappa shape index (κ2) is 6.95. The van der Waals surface area contributed by atoms with E-state index < -0.39 is 5.97 Å². The fraction of sp³-hybridized carbons (Fsp3) is 0.364. The van der Waals surface area contributed by atoms with Gasteiger partial charge in [0.25, 0.3) is 0 Å². The number of carbonyl (C=O) groups excluding carboxylic acids is 2. The third-order valence-electron chi connectivity index (χ3n) is 1.86. The topological polar surface area (TPSA) is 73.2 Å². The molecule has 0 aliphatic heterocycles. The van der Waals surface area contributed by atoms with Crippen LogP contribution < -0.4 is 5.32 Å². The van der Waals surface area contributed by atoms with Gasteiger partial charge in [-0.3, -0.25) is 9.48 Å². The van der Waals surface area contributed by atoms with Crippen LogP contribution in [-0.4, -0.2) is 28.3 Å². The van der Waals surface area contributed by atoms with E-state index >= 15 is 0 Å². The number of nitrogens with zero attached hydrogens (tertiary/aromatic N) is 2. The van der Waals surface area contributed by atoms with Crippen LogP contribution in [0.15, 0.2) is 28.6 Å². The van der Waals surface area contributed by atoms with Crippen LogP contribution in [0.1, 0.15) is 13.8 Å². The van der Waals surface area contributed by atoms with Crippen molar-refractivity contribution in [3.8, 4) is 0 Å². The van der Waals surface area contributed by atoms with E-state index in [1.807, 2.05) is 0 Å². The third kappa shape index (κ3) is 5.13. The first kappa shape index (κ1) is 14.4. The van der Waals surface area contributed by atoms with Gasteiger partial charge >= 0.3 is 5.97 Å². The minimum absolute atomic E-state index is 0.0829. The second-order valence-corrected chi connectivity index (χ2v) is 4.40. The molecule has 0 fully saturated rings. The first-order valence-electron chi connectivity index (χ1n) is 5.34. The quantitative estimate of drug-likeness (QED) is 0.655. The van der Waals surface area contributed by atoms with Crippen LogP contribution in [0, 0.1) is 0 Å². The summed E-state index contributed by atoms with van der Waals surface area (Å²) in [6, 6.07) is 0. The summed E-state index contributed by atoms with van der Waals surface area (Å²) in [5, 5.41) is 6.52. The summed E-state index contributed by atoms with van der Waals surface area (Å²) in [4.78, 5) is 22.7. The van der Waals surface area contributed by atoms with Crippen molar-refractivity contribution in [2.24, 2.45) is 0 Å². The maximum Gasteiger partial charge on any atom is 0.332 e. The lowest BCUT2D eigenvalue weighted by Gasteiger charge is -2.05. The number of halogens is 1. The second-order valence-electron chi connectivity index (χ2n) is 3.48. The predicted molar refractivity (Wildman–Crippen MR) is 68.5 cm³/mol. The SMILES string of the molecule is CCOC(=O)/C=C(\C)NC(=O)Cn1cc(Br)cn1. The molecule has 1 aromatic rings. The maximum atomic E-state index is 11.6. The number of carbonyl (C=O) groups is 2. The van der Waals surface area contributed by atoms with Gasteiger partial charge in [0.15, 0.2) is 0 Å². The highest BCUT2D eigenvalue weighted by molar-refractivity contribution is 9.10. The molecule has 0 saturated heterocycles. The Kier molecular flexibility index (Phi) is 5.57. The van der Waals surface area contributed by atoms with Gasteiger partial charge in [0.05, 0.1) is 17.3 Å². The molecule has 0 aromatic carbocycles. The number of esters is 1. The molecule has 1 heterocycles. The van der Waals surface area contributed by atoms with Crippen LogP contribution >= 0.6 is 15.9 Å². The molecule has 0 spiro atoms. The fourth-order valence-corrected chi connectivity index (χ4v) is 1.56. The van der Waals surface area contributed by atoms with Crippen LogP contribution in [0.4, 0.5) is 0 Å². The van der Waals surface area contributed by atoms with E-state index in [2.05, 4.69) is 26.3 Å². The van der Waals surface area contributed by atoms with Gasteiger partial charge < -0.3 is 10.1 Å². The van der Waals surface area contributed by atoms with Gasteiger partial charge in [-0.15, -0.1) is 0 Å². The van der Waals surface area contributed by atoms with Crippen molar-refractivity contribution in [2.45, 2.75) is 20.4 Å². The molecule has 6 nitrogen and oxygen atoms in total. The van der Waals surface area contributed by atoms with Crippen LogP contribution in [0.3, 0.4) is 0 Å². The zero-order valence-corrected chi connectivity index (χ0v) is 11.7. The van der Waals surface area contributed by atoms with Crippen molar-refractivity contribution in [1.82, 2.24) is 15.1 Å². The fourth-order valence-electron chi connectivity index (χ4n) is 1.23. The summed E-state index contributed by atoms with van der Waals surface area (Å²) in [6.07, 6.45) is 4.51. The normalized spacial score (nSPS) is 11.2. The van der Waals surface area contributed by atoms with E-state index in [0.29, 0.717) is 12.3 Å². The van der Waals surface area contributed by atoms with Gasteiger partial charge in [-0.05, 0) is 29.8 Å². The van der Waals surface area contributed by atoms with Gasteiger partial charge in [-0.2, -0.15) is 5.10 Å². The average molecular weight is 316 g/mol. The molecular formula is C11H14BrN3O3. The third-order valence-corrected chi connectivity index (χ3v) is 2.27. The van der Waals surface area contributed by atoms with Crippen molar-refractivity contribution >= 4 is 27.8 Å². The standard InChI is InChI=1S/C11H14BrN3O3/c1-3-18-11(17)4-8(2)14-10(16)7-15-6-9(12)5-13-15/h4-6H,3,7H2,1-2H3,(H,14,16)/b8-4+. The van der Waals surface area contributed by atoms with E-state index in [0.717, 1.165) is 4.47 Å². The number of hydrogen-bond acceptors (Lipinski definition) is 4. The van der Waals surface area contributed by atoms with Gasteiger partial charge in [-0.1, -0.05) is 0 Å². The molecule has 0 bridgehead atoms. The molecule has 0 saturated carbocycles. The van der Waals surface area contributed by atoms with E-state index in [4.69, 9.17) is 4.74 Å². The Morgan fingerprint density at radius 3 is 2.89 bits per heavy atom. The van der Waals surface area contributed by atoms with Crippen molar-refractivity contribution in [1.29, 1.82) is 0 Å². The molecule has 0 atom stereocenters. The molecule has 0 unspecified atom stereocenters. The lowest BCUT2D eigenvalue weighted by Crippen LogP contribution is -2.26. The largest absolute Gasteiger partial charge is 0.463 e. The Morgan fingerprint density at radius 1 is 1.61 bits per heavy atom. The molecule has 18 heavy (non-hydrogen) atoms. The number of amides is 1. The molecule has 1 amide bonds. The number of allylic oxidation sites excluding steroid dienone is 1. The van der Waals surface area contributed by atoms with Gasteiger partial charge in [0.1, 0.15) is 6.54 Å². The van der Waals surface area contributed by atoms with Crippen molar-refractivity contribution in [3.05, 3.63) is 28.6 Å². The summed E-state index contributed by atoms with van der Waals surface area (Å²) in [5.41, 5.74) is 0.435. The van der Waals surface area contributed by atoms with E-state index in [-0.39, 0.29) is 12.5 Å². The van der Waals surface area contributed by atoms with Gasteiger partial charge in [0, 0.05) is 18.0 Å². The summed E-state index contributed by atoms with van der Waals surface area (Å²) in [6.45, 7) is 3.72. The minimum Gasteiger partial charge on any atom is -0.463 e. The molecule has 0 aliphatic rings. The van der Waals surface area contributed by atoms with Crippen LogP contribution in [0.5, 0.6) is 0 Å². The lowest BCUT2D eigenvalue weighted by molar-refractivity contribution is -0.137. The minimum atomic E-state index is -0.475. The molecule has 98 valence electrons. The Labute approximate surface area is 113 Å². The highest BCUT2D eigenvalue weighted by atomic mass is 79.9. The smallest absolute Gasteiger partial charge is 0.332 e. The molecule has 0 aliphatic carbocycles. The highest BCUT2D eigenvalue weighted by Crippen LogP contribution is 2.05. The van der Waals surface area contributed by atoms with Crippen LogP contribution in [0.25, 0.3) is 0 Å². The first-order chi connectivity index (χ1) is 8.51. The Hall–Kier alpha value is -1.63. The highest BCUT2D eigenvalue weighted by Gasteiger charge is 2.05. The van der Waals surface area contributed by atoms with Crippen molar-refractivity contribution in [2.75, 3.05) is 6.61 Å². The van der Waals surface area contributed by atoms with Crippen LogP contribution in [-0.2, 0) is 20.9 Å². The number of nitrogens with one attached hydrogen (secondary N) is 1. The first-order valence-corrected chi connectivity index (χ1v) is 6.13. The number of aromatic nitrogens is 2. The molecule has 1 rings (SSSR count). The zero-order valence-electron chi connectivity index (χ0n) is 10.1. The number of rotatable bonds is 5. The summed E-state index contributed by atoms with van der Waals surface area (Å²) in [7, 11) is 0.